The Bertz CT molecular complexity index is 777. The Labute approximate surface area is 165 Å². The quantitative estimate of drug-likeness (QED) is 0.517. The van der Waals surface area contributed by atoms with Crippen LogP contribution in [0.3, 0.4) is 0 Å². The topological polar surface area (TPSA) is 99.0 Å². The van der Waals surface area contributed by atoms with Gasteiger partial charge in [-0.1, -0.05) is 0 Å². The smallest absolute Gasteiger partial charge is 0.251 e. The van der Waals surface area contributed by atoms with Crippen LogP contribution >= 0.6 is 15.9 Å². The van der Waals surface area contributed by atoms with Crippen LogP contribution in [0.15, 0.2) is 27.3 Å². The van der Waals surface area contributed by atoms with E-state index >= 15 is 0 Å². The van der Waals surface area contributed by atoms with Crippen molar-refractivity contribution in [3.63, 3.8) is 0 Å². The molecule has 0 bridgehead atoms. The molecule has 1 aromatic carbocycles. The van der Waals surface area contributed by atoms with E-state index < -0.39 is 0 Å². The van der Waals surface area contributed by atoms with Gasteiger partial charge < -0.3 is 29.3 Å². The lowest BCUT2D eigenvalue weighted by atomic mass is 10.1. The van der Waals surface area contributed by atoms with Crippen LogP contribution in [0.4, 0.5) is 0 Å². The fourth-order valence-corrected chi connectivity index (χ4v) is 2.74. The average Bonchev–Trinajstić information content (AvgIpc) is 3.02. The van der Waals surface area contributed by atoms with Crippen molar-refractivity contribution in [2.45, 2.75) is 6.42 Å². The van der Waals surface area contributed by atoms with Gasteiger partial charge in [0, 0.05) is 45.4 Å². The molecule has 8 nitrogen and oxygen atoms in total. The third-order valence-corrected chi connectivity index (χ3v) is 4.03. The highest BCUT2D eigenvalue weighted by molar-refractivity contribution is 9.10. The summed E-state index contributed by atoms with van der Waals surface area (Å²) in [4.78, 5) is 24.1. The molecule has 1 aromatic heterocycles. The third kappa shape index (κ3) is 6.53. The van der Waals surface area contributed by atoms with E-state index in [0.29, 0.717) is 47.9 Å². The Morgan fingerprint density at radius 1 is 1.04 bits per heavy atom. The van der Waals surface area contributed by atoms with Crippen LogP contribution < -0.4 is 15.4 Å². The first kappa shape index (κ1) is 21.2. The van der Waals surface area contributed by atoms with Crippen LogP contribution in [0.1, 0.15) is 16.8 Å². The second-order valence-electron chi connectivity index (χ2n) is 5.63. The number of carbonyl (C=O) groups excluding carboxylic acids is 2. The molecular formula is C18H23BrN2O6. The molecule has 0 atom stereocenters. The number of halogens is 1. The molecule has 9 heteroatoms. The molecule has 0 saturated carbocycles. The summed E-state index contributed by atoms with van der Waals surface area (Å²) in [6.45, 7) is 1.88. The van der Waals surface area contributed by atoms with Gasteiger partial charge in [-0.25, -0.2) is 0 Å². The normalized spacial score (nSPS) is 10.8. The summed E-state index contributed by atoms with van der Waals surface area (Å²) in [5.41, 5.74) is 0.913. The van der Waals surface area contributed by atoms with Crippen LogP contribution in [0.2, 0.25) is 0 Å². The molecule has 2 amide bonds. The highest BCUT2D eigenvalue weighted by atomic mass is 79.9. The fourth-order valence-electron chi connectivity index (χ4n) is 2.33. The van der Waals surface area contributed by atoms with Crippen molar-refractivity contribution in [3.05, 3.63) is 28.4 Å². The predicted octanol–water partition coefficient (Wildman–Crippen LogP) is 2.10. The van der Waals surface area contributed by atoms with E-state index in [1.165, 1.54) is 0 Å². The Hall–Kier alpha value is -2.10. The molecule has 148 valence electrons. The first-order valence-electron chi connectivity index (χ1n) is 8.43. The number of nitrogens with one attached hydrogen (secondary N) is 2. The number of carbonyl (C=O) groups is 2. The lowest BCUT2D eigenvalue weighted by Crippen LogP contribution is -2.32. The summed E-state index contributed by atoms with van der Waals surface area (Å²) in [5.74, 6) is 0.0634. The number of hydrogen-bond acceptors (Lipinski definition) is 6. The summed E-state index contributed by atoms with van der Waals surface area (Å²) < 4.78 is 21.6. The van der Waals surface area contributed by atoms with Gasteiger partial charge in [0.25, 0.3) is 5.91 Å². The van der Waals surface area contributed by atoms with Gasteiger partial charge in [-0.15, -0.1) is 0 Å². The molecule has 1 heterocycles. The number of methoxy groups -OCH3 is 2. The fraction of sp³-hybridized carbons (Fsp3) is 0.444. The van der Waals surface area contributed by atoms with Crippen molar-refractivity contribution in [2.75, 3.05) is 47.1 Å². The summed E-state index contributed by atoms with van der Waals surface area (Å²) in [6.07, 6.45) is 0.182. The monoisotopic (exact) mass is 442 g/mol. The zero-order valence-electron chi connectivity index (χ0n) is 15.3. The zero-order valence-corrected chi connectivity index (χ0v) is 16.9. The second kappa shape index (κ2) is 10.9. The summed E-state index contributed by atoms with van der Waals surface area (Å²) in [5, 5.41) is 6.17. The number of rotatable bonds is 11. The molecule has 0 radical (unpaired) electrons. The first-order valence-corrected chi connectivity index (χ1v) is 9.23. The van der Waals surface area contributed by atoms with Crippen LogP contribution in [0, 0.1) is 0 Å². The number of fused-ring (bicyclic) bond motifs is 1. The van der Waals surface area contributed by atoms with E-state index in [1.54, 1.807) is 32.4 Å². The SMILES string of the molecule is COCCNC(=O)CCNC(=O)c1cc(OCCOC)c2cc(Br)oc2c1. The minimum Gasteiger partial charge on any atom is -0.490 e. The molecule has 0 fully saturated rings. The van der Waals surface area contributed by atoms with Crippen molar-refractivity contribution >= 4 is 38.7 Å². The molecule has 2 aromatic rings. The summed E-state index contributed by atoms with van der Waals surface area (Å²) in [7, 11) is 3.15. The highest BCUT2D eigenvalue weighted by Crippen LogP contribution is 2.32. The minimum absolute atomic E-state index is 0.152. The van der Waals surface area contributed by atoms with E-state index in [-0.39, 0.29) is 24.8 Å². The van der Waals surface area contributed by atoms with Crippen molar-refractivity contribution in [1.29, 1.82) is 0 Å². The molecule has 0 aliphatic carbocycles. The maximum absolute atomic E-state index is 12.4. The molecule has 0 unspecified atom stereocenters. The Kier molecular flexibility index (Phi) is 8.56. The maximum atomic E-state index is 12.4. The number of ether oxygens (including phenoxy) is 3. The number of benzene rings is 1. The Balaban J connectivity index is 1.99. The summed E-state index contributed by atoms with van der Waals surface area (Å²) >= 11 is 3.29. The molecule has 0 spiro atoms. The van der Waals surface area contributed by atoms with E-state index in [1.807, 2.05) is 0 Å². The third-order valence-electron chi connectivity index (χ3n) is 3.64. The van der Waals surface area contributed by atoms with Gasteiger partial charge in [-0.3, -0.25) is 9.59 Å². The standard InChI is InChI=1S/C18H23BrN2O6/c1-24-6-5-20-17(22)3-4-21-18(23)12-9-14(26-8-7-25-2)13-11-16(19)27-15(13)10-12/h9-11H,3-8H2,1-2H3,(H,20,22)(H,21,23). The van der Waals surface area contributed by atoms with Gasteiger partial charge in [0.1, 0.15) is 17.9 Å². The van der Waals surface area contributed by atoms with Gasteiger partial charge in [0.15, 0.2) is 4.67 Å². The van der Waals surface area contributed by atoms with E-state index in [9.17, 15) is 9.59 Å². The van der Waals surface area contributed by atoms with Gasteiger partial charge in [0.05, 0.1) is 18.6 Å². The van der Waals surface area contributed by atoms with Crippen molar-refractivity contribution < 1.29 is 28.2 Å². The molecule has 2 rings (SSSR count). The Morgan fingerprint density at radius 3 is 2.56 bits per heavy atom. The van der Waals surface area contributed by atoms with Crippen LogP contribution in [-0.4, -0.2) is 58.9 Å². The Morgan fingerprint density at radius 2 is 1.81 bits per heavy atom. The minimum atomic E-state index is -0.314. The highest BCUT2D eigenvalue weighted by Gasteiger charge is 2.15. The second-order valence-corrected chi connectivity index (χ2v) is 6.41. The summed E-state index contributed by atoms with van der Waals surface area (Å²) in [6, 6.07) is 5.06. The lowest BCUT2D eigenvalue weighted by Gasteiger charge is -2.10. The van der Waals surface area contributed by atoms with Crippen molar-refractivity contribution in [3.8, 4) is 5.75 Å². The lowest BCUT2D eigenvalue weighted by molar-refractivity contribution is -0.121. The molecule has 27 heavy (non-hydrogen) atoms. The first-order chi connectivity index (χ1) is 13.0. The molecule has 2 N–H and O–H groups in total. The number of amides is 2. The van der Waals surface area contributed by atoms with Crippen molar-refractivity contribution in [2.24, 2.45) is 0 Å². The van der Waals surface area contributed by atoms with Gasteiger partial charge in [-0.05, 0) is 28.1 Å². The molecular weight excluding hydrogens is 420 g/mol. The van der Waals surface area contributed by atoms with E-state index in [4.69, 9.17) is 18.6 Å². The van der Waals surface area contributed by atoms with E-state index in [0.717, 1.165) is 5.39 Å². The van der Waals surface area contributed by atoms with Crippen LogP contribution in [-0.2, 0) is 14.3 Å². The molecule has 0 aliphatic heterocycles. The van der Waals surface area contributed by atoms with Crippen LogP contribution in [0.5, 0.6) is 5.75 Å². The van der Waals surface area contributed by atoms with E-state index in [2.05, 4.69) is 26.6 Å². The maximum Gasteiger partial charge on any atom is 0.251 e. The predicted molar refractivity (Wildman–Crippen MR) is 103 cm³/mol. The largest absolute Gasteiger partial charge is 0.490 e. The zero-order chi connectivity index (χ0) is 19.6. The molecule has 0 aliphatic rings. The average molecular weight is 443 g/mol. The number of furan rings is 1. The number of hydrogen-bond donors (Lipinski definition) is 2. The van der Waals surface area contributed by atoms with Crippen molar-refractivity contribution in [1.82, 2.24) is 10.6 Å². The van der Waals surface area contributed by atoms with Gasteiger partial charge in [-0.2, -0.15) is 0 Å². The molecule has 0 saturated heterocycles. The van der Waals surface area contributed by atoms with Gasteiger partial charge in [0.2, 0.25) is 5.91 Å². The van der Waals surface area contributed by atoms with Gasteiger partial charge >= 0.3 is 0 Å². The van der Waals surface area contributed by atoms with Crippen LogP contribution in [0.25, 0.3) is 11.0 Å².